The summed E-state index contributed by atoms with van der Waals surface area (Å²) in [7, 11) is 0. The van der Waals surface area contributed by atoms with Crippen LogP contribution in [0.4, 0.5) is 0 Å². The van der Waals surface area contributed by atoms with Gasteiger partial charge in [0.1, 0.15) is 0 Å². The summed E-state index contributed by atoms with van der Waals surface area (Å²) in [6, 6.07) is 10.8. The van der Waals surface area contributed by atoms with Gasteiger partial charge in [-0.1, -0.05) is 36.5 Å². The van der Waals surface area contributed by atoms with Crippen LogP contribution in [0.1, 0.15) is 24.8 Å². The second kappa shape index (κ2) is 6.74. The second-order valence-electron chi connectivity index (χ2n) is 4.36. The smallest absolute Gasteiger partial charge is 0.0582 e. The fourth-order valence-electron chi connectivity index (χ4n) is 2.29. The Hall–Kier alpha value is -0.910. The van der Waals surface area contributed by atoms with E-state index in [-0.39, 0.29) is 0 Å². The molecule has 1 aromatic rings. The number of benzene rings is 1. The molecule has 0 saturated heterocycles. The molecule has 0 aliphatic heterocycles. The monoisotopic (exact) mass is 245 g/mol. The SMILES string of the molecule is CSC1CCCC1NCC#Cc1ccccc1. The summed E-state index contributed by atoms with van der Waals surface area (Å²) in [4.78, 5) is 0. The fraction of sp³-hybridized carbons (Fsp3) is 0.467. The maximum absolute atomic E-state index is 3.56. The van der Waals surface area contributed by atoms with E-state index in [0.717, 1.165) is 17.4 Å². The lowest BCUT2D eigenvalue weighted by atomic mass is 10.2. The van der Waals surface area contributed by atoms with Crippen LogP contribution in [-0.2, 0) is 0 Å². The summed E-state index contributed by atoms with van der Waals surface area (Å²) in [5.74, 6) is 6.38. The summed E-state index contributed by atoms with van der Waals surface area (Å²) >= 11 is 1.98. The van der Waals surface area contributed by atoms with Crippen LogP contribution < -0.4 is 5.32 Å². The minimum atomic E-state index is 0.662. The summed E-state index contributed by atoms with van der Waals surface area (Å²) in [5, 5.41) is 4.34. The normalized spacial score (nSPS) is 23.1. The third-order valence-electron chi connectivity index (χ3n) is 3.21. The molecule has 1 N–H and O–H groups in total. The molecule has 1 nitrogen and oxygen atoms in total. The predicted octanol–water partition coefficient (Wildman–Crippen LogP) is 2.91. The van der Waals surface area contributed by atoms with E-state index in [4.69, 9.17) is 0 Å². The Morgan fingerprint density at radius 2 is 2.12 bits per heavy atom. The number of nitrogens with one attached hydrogen (secondary N) is 1. The quantitative estimate of drug-likeness (QED) is 0.822. The summed E-state index contributed by atoms with van der Waals surface area (Å²) in [6.07, 6.45) is 6.22. The Morgan fingerprint density at radius 1 is 1.29 bits per heavy atom. The Balaban J connectivity index is 1.78. The van der Waals surface area contributed by atoms with Crippen LogP contribution in [0.15, 0.2) is 30.3 Å². The van der Waals surface area contributed by atoms with Gasteiger partial charge in [-0.05, 0) is 31.2 Å². The van der Waals surface area contributed by atoms with E-state index < -0.39 is 0 Å². The third-order valence-corrected chi connectivity index (χ3v) is 4.38. The van der Waals surface area contributed by atoms with Crippen molar-refractivity contribution in [2.24, 2.45) is 0 Å². The molecule has 0 radical (unpaired) electrons. The molecule has 0 amide bonds. The highest BCUT2D eigenvalue weighted by molar-refractivity contribution is 7.99. The molecule has 2 atom stereocenters. The van der Waals surface area contributed by atoms with Gasteiger partial charge in [0.05, 0.1) is 6.54 Å². The molecule has 1 saturated carbocycles. The van der Waals surface area contributed by atoms with Crippen LogP contribution >= 0.6 is 11.8 Å². The maximum atomic E-state index is 3.56. The van der Waals surface area contributed by atoms with Crippen molar-refractivity contribution in [2.75, 3.05) is 12.8 Å². The molecule has 2 heteroatoms. The Kier molecular flexibility index (Phi) is 4.97. The van der Waals surface area contributed by atoms with Gasteiger partial charge in [0.15, 0.2) is 0 Å². The molecule has 1 fully saturated rings. The zero-order valence-corrected chi connectivity index (χ0v) is 11.1. The van der Waals surface area contributed by atoms with E-state index in [1.165, 1.54) is 19.3 Å². The zero-order valence-electron chi connectivity index (χ0n) is 10.3. The molecule has 0 spiro atoms. The Labute approximate surface area is 108 Å². The van der Waals surface area contributed by atoms with Crippen molar-refractivity contribution in [3.63, 3.8) is 0 Å². The van der Waals surface area contributed by atoms with Crippen molar-refractivity contribution in [3.05, 3.63) is 35.9 Å². The first-order chi connectivity index (χ1) is 8.40. The largest absolute Gasteiger partial charge is 0.302 e. The Morgan fingerprint density at radius 3 is 2.88 bits per heavy atom. The van der Waals surface area contributed by atoms with Crippen molar-refractivity contribution < 1.29 is 0 Å². The zero-order chi connectivity index (χ0) is 11.9. The lowest BCUT2D eigenvalue weighted by Crippen LogP contribution is -2.34. The highest BCUT2D eigenvalue weighted by Crippen LogP contribution is 2.27. The van der Waals surface area contributed by atoms with Crippen molar-refractivity contribution >= 4 is 11.8 Å². The van der Waals surface area contributed by atoms with E-state index in [2.05, 4.69) is 23.4 Å². The van der Waals surface area contributed by atoms with Gasteiger partial charge >= 0.3 is 0 Å². The van der Waals surface area contributed by atoms with E-state index in [1.54, 1.807) is 0 Å². The third kappa shape index (κ3) is 3.80. The van der Waals surface area contributed by atoms with Gasteiger partial charge in [-0.3, -0.25) is 0 Å². The van der Waals surface area contributed by atoms with Crippen molar-refractivity contribution in [2.45, 2.75) is 30.6 Å². The van der Waals surface area contributed by atoms with Crippen molar-refractivity contribution in [1.82, 2.24) is 5.32 Å². The lowest BCUT2D eigenvalue weighted by molar-refractivity contribution is 0.570. The van der Waals surface area contributed by atoms with E-state index in [1.807, 2.05) is 42.1 Å². The van der Waals surface area contributed by atoms with Gasteiger partial charge in [-0.2, -0.15) is 11.8 Å². The standard InChI is InChI=1S/C15H19NS/c1-17-15-11-5-10-14(15)16-12-6-9-13-7-3-2-4-8-13/h2-4,7-8,14-16H,5,10-12H2,1H3. The van der Waals surface area contributed by atoms with Gasteiger partial charge in [-0.25, -0.2) is 0 Å². The summed E-state index contributed by atoms with van der Waals surface area (Å²) in [5.41, 5.74) is 1.10. The lowest BCUT2D eigenvalue weighted by Gasteiger charge is -2.17. The molecule has 0 aromatic heterocycles. The number of thioether (sulfide) groups is 1. The molecule has 17 heavy (non-hydrogen) atoms. The first kappa shape index (κ1) is 12.5. The first-order valence-corrected chi connectivity index (χ1v) is 7.49. The fourth-order valence-corrected chi connectivity index (χ4v) is 3.25. The average Bonchev–Trinajstić information content (AvgIpc) is 2.83. The number of rotatable bonds is 3. The van der Waals surface area contributed by atoms with Crippen LogP contribution in [0.2, 0.25) is 0 Å². The topological polar surface area (TPSA) is 12.0 Å². The first-order valence-electron chi connectivity index (χ1n) is 6.20. The van der Waals surface area contributed by atoms with Crippen LogP contribution in [0.5, 0.6) is 0 Å². The minimum Gasteiger partial charge on any atom is -0.302 e. The van der Waals surface area contributed by atoms with Gasteiger partial charge in [0.25, 0.3) is 0 Å². The molecular weight excluding hydrogens is 226 g/mol. The van der Waals surface area contributed by atoms with E-state index >= 15 is 0 Å². The summed E-state index contributed by atoms with van der Waals surface area (Å²) in [6.45, 7) is 0.802. The molecule has 2 unspecified atom stereocenters. The molecule has 1 aromatic carbocycles. The number of hydrogen-bond acceptors (Lipinski definition) is 2. The molecule has 2 rings (SSSR count). The maximum Gasteiger partial charge on any atom is 0.0582 e. The van der Waals surface area contributed by atoms with E-state index in [0.29, 0.717) is 6.04 Å². The Bertz CT molecular complexity index is 390. The van der Waals surface area contributed by atoms with Gasteiger partial charge in [0, 0.05) is 16.9 Å². The molecule has 90 valence electrons. The second-order valence-corrected chi connectivity index (χ2v) is 5.44. The highest BCUT2D eigenvalue weighted by atomic mass is 32.2. The average molecular weight is 245 g/mol. The van der Waals surface area contributed by atoms with Crippen LogP contribution in [0.25, 0.3) is 0 Å². The van der Waals surface area contributed by atoms with Gasteiger partial charge in [0.2, 0.25) is 0 Å². The van der Waals surface area contributed by atoms with Crippen LogP contribution in [0.3, 0.4) is 0 Å². The van der Waals surface area contributed by atoms with Crippen LogP contribution in [-0.4, -0.2) is 24.1 Å². The molecular formula is C15H19NS. The van der Waals surface area contributed by atoms with Crippen LogP contribution in [0, 0.1) is 11.8 Å². The summed E-state index contributed by atoms with van der Waals surface area (Å²) < 4.78 is 0. The minimum absolute atomic E-state index is 0.662. The van der Waals surface area contributed by atoms with E-state index in [9.17, 15) is 0 Å². The molecule has 0 heterocycles. The highest BCUT2D eigenvalue weighted by Gasteiger charge is 2.25. The number of hydrogen-bond donors (Lipinski definition) is 1. The van der Waals surface area contributed by atoms with Crippen molar-refractivity contribution in [1.29, 1.82) is 0 Å². The van der Waals surface area contributed by atoms with Crippen molar-refractivity contribution in [3.8, 4) is 11.8 Å². The predicted molar refractivity (Wildman–Crippen MR) is 76.3 cm³/mol. The molecule has 1 aliphatic rings. The molecule has 0 bridgehead atoms. The molecule has 1 aliphatic carbocycles. The van der Waals surface area contributed by atoms with Gasteiger partial charge in [-0.15, -0.1) is 0 Å². The van der Waals surface area contributed by atoms with Gasteiger partial charge < -0.3 is 5.32 Å².